The molecule has 1 aromatic heterocycles. The maximum atomic E-state index is 11.4. The van der Waals surface area contributed by atoms with Gasteiger partial charge in [0.2, 0.25) is 0 Å². The highest BCUT2D eigenvalue weighted by molar-refractivity contribution is 5.74. The molecule has 2 N–H and O–H groups in total. The third-order valence-corrected chi connectivity index (χ3v) is 1.93. The van der Waals surface area contributed by atoms with Gasteiger partial charge < -0.3 is 15.2 Å². The Bertz CT molecular complexity index is 313. The van der Waals surface area contributed by atoms with E-state index in [1.165, 1.54) is 0 Å². The molecule has 0 aliphatic heterocycles. The largest absolute Gasteiger partial charge is 0.338 e. The molecule has 0 bridgehead atoms. The third kappa shape index (κ3) is 5.38. The molecule has 1 rings (SSSR count). The summed E-state index contributed by atoms with van der Waals surface area (Å²) in [5, 5.41) is 5.66. The second kappa shape index (κ2) is 5.53. The fourth-order valence-corrected chi connectivity index (χ4v) is 1.27. The van der Waals surface area contributed by atoms with Crippen LogP contribution < -0.4 is 10.6 Å². The van der Waals surface area contributed by atoms with Gasteiger partial charge in [0.15, 0.2) is 0 Å². The van der Waals surface area contributed by atoms with Crippen molar-refractivity contribution in [2.45, 2.75) is 39.3 Å². The highest BCUT2D eigenvalue weighted by Gasteiger charge is 2.12. The van der Waals surface area contributed by atoms with E-state index in [0.717, 1.165) is 13.0 Å². The van der Waals surface area contributed by atoms with Crippen LogP contribution >= 0.6 is 0 Å². The van der Waals surface area contributed by atoms with E-state index in [-0.39, 0.29) is 11.6 Å². The second-order valence-corrected chi connectivity index (χ2v) is 4.78. The van der Waals surface area contributed by atoms with Crippen molar-refractivity contribution < 1.29 is 4.79 Å². The zero-order valence-corrected chi connectivity index (χ0v) is 10.2. The molecule has 1 heterocycles. The van der Waals surface area contributed by atoms with Crippen molar-refractivity contribution in [1.82, 2.24) is 20.2 Å². The molecule has 0 radical (unpaired) electrons. The van der Waals surface area contributed by atoms with Gasteiger partial charge in [-0.3, -0.25) is 0 Å². The third-order valence-electron chi connectivity index (χ3n) is 1.93. The number of rotatable bonds is 4. The van der Waals surface area contributed by atoms with Crippen molar-refractivity contribution in [1.29, 1.82) is 0 Å². The Balaban J connectivity index is 2.09. The van der Waals surface area contributed by atoms with Crippen LogP contribution in [0.5, 0.6) is 0 Å². The monoisotopic (exact) mass is 224 g/mol. The fourth-order valence-electron chi connectivity index (χ4n) is 1.27. The molecule has 0 aliphatic carbocycles. The maximum Gasteiger partial charge on any atom is 0.315 e. The molecular weight excluding hydrogens is 204 g/mol. The van der Waals surface area contributed by atoms with E-state index in [0.29, 0.717) is 6.54 Å². The Morgan fingerprint density at radius 2 is 2.19 bits per heavy atom. The SMILES string of the molecule is CC(C)(C)NC(=O)NCCCn1ccnc1. The standard InChI is InChI=1S/C11H20N4O/c1-11(2,3)14-10(16)13-5-4-7-15-8-6-12-9-15/h6,8-9H,4-5,7H2,1-3H3,(H2,13,14,16). The summed E-state index contributed by atoms with van der Waals surface area (Å²) in [4.78, 5) is 15.3. The van der Waals surface area contributed by atoms with Gasteiger partial charge in [0.1, 0.15) is 0 Å². The number of nitrogens with zero attached hydrogens (tertiary/aromatic N) is 2. The van der Waals surface area contributed by atoms with Crippen molar-refractivity contribution in [2.24, 2.45) is 0 Å². The van der Waals surface area contributed by atoms with Crippen LogP contribution in [0.3, 0.4) is 0 Å². The molecule has 0 aliphatic rings. The summed E-state index contributed by atoms with van der Waals surface area (Å²) in [5.41, 5.74) is -0.186. The molecule has 5 heteroatoms. The van der Waals surface area contributed by atoms with Gasteiger partial charge in [-0.1, -0.05) is 0 Å². The topological polar surface area (TPSA) is 59.0 Å². The van der Waals surface area contributed by atoms with Gasteiger partial charge in [0, 0.05) is 31.0 Å². The normalized spacial score (nSPS) is 11.2. The number of amides is 2. The molecule has 90 valence electrons. The maximum absolute atomic E-state index is 11.4. The van der Waals surface area contributed by atoms with Gasteiger partial charge in [-0.2, -0.15) is 0 Å². The van der Waals surface area contributed by atoms with Crippen molar-refractivity contribution in [3.63, 3.8) is 0 Å². The van der Waals surface area contributed by atoms with Crippen LogP contribution in [0, 0.1) is 0 Å². The predicted molar refractivity (Wildman–Crippen MR) is 63.1 cm³/mol. The summed E-state index contributed by atoms with van der Waals surface area (Å²) in [5.74, 6) is 0. The smallest absolute Gasteiger partial charge is 0.315 e. The Morgan fingerprint density at radius 1 is 1.44 bits per heavy atom. The molecule has 0 saturated carbocycles. The zero-order valence-electron chi connectivity index (χ0n) is 10.2. The number of aryl methyl sites for hydroxylation is 1. The van der Waals surface area contributed by atoms with E-state index in [1.807, 2.05) is 31.5 Å². The van der Waals surface area contributed by atoms with Gasteiger partial charge in [-0.25, -0.2) is 9.78 Å². The lowest BCUT2D eigenvalue weighted by atomic mass is 10.1. The Labute approximate surface area is 96.3 Å². The molecule has 0 unspecified atom stereocenters. The second-order valence-electron chi connectivity index (χ2n) is 4.78. The molecule has 1 aromatic rings. The molecule has 0 aromatic carbocycles. The lowest BCUT2D eigenvalue weighted by Crippen LogP contribution is -2.46. The Hall–Kier alpha value is -1.52. The van der Waals surface area contributed by atoms with Crippen molar-refractivity contribution >= 4 is 6.03 Å². The minimum Gasteiger partial charge on any atom is -0.338 e. The number of carbonyl (C=O) groups is 1. The predicted octanol–water partition coefficient (Wildman–Crippen LogP) is 1.37. The fraction of sp³-hybridized carbons (Fsp3) is 0.636. The average molecular weight is 224 g/mol. The van der Waals surface area contributed by atoms with E-state index < -0.39 is 0 Å². The van der Waals surface area contributed by atoms with Gasteiger partial charge in [0.05, 0.1) is 6.33 Å². The summed E-state index contributed by atoms with van der Waals surface area (Å²) in [6.45, 7) is 7.41. The molecule has 0 fully saturated rings. The van der Waals surface area contributed by atoms with E-state index in [2.05, 4.69) is 15.6 Å². The molecule has 16 heavy (non-hydrogen) atoms. The van der Waals surface area contributed by atoms with Gasteiger partial charge >= 0.3 is 6.03 Å². The van der Waals surface area contributed by atoms with Crippen LogP contribution in [0.1, 0.15) is 27.2 Å². The highest BCUT2D eigenvalue weighted by Crippen LogP contribution is 1.97. The van der Waals surface area contributed by atoms with Crippen LogP contribution in [0.4, 0.5) is 4.79 Å². The number of hydrogen-bond donors (Lipinski definition) is 2. The molecule has 2 amide bonds. The van der Waals surface area contributed by atoms with Gasteiger partial charge in [-0.05, 0) is 27.2 Å². The molecule has 0 atom stereocenters. The number of carbonyl (C=O) groups excluding carboxylic acids is 1. The first-order valence-corrected chi connectivity index (χ1v) is 5.49. The molecule has 0 saturated heterocycles. The zero-order chi connectivity index (χ0) is 12.0. The molecule has 0 spiro atoms. The minimum atomic E-state index is -0.186. The lowest BCUT2D eigenvalue weighted by molar-refractivity contribution is 0.231. The first-order valence-electron chi connectivity index (χ1n) is 5.49. The summed E-state index contributed by atoms with van der Waals surface area (Å²) >= 11 is 0. The van der Waals surface area contributed by atoms with Crippen molar-refractivity contribution in [2.75, 3.05) is 6.54 Å². The van der Waals surface area contributed by atoms with E-state index >= 15 is 0 Å². The average Bonchev–Trinajstić information content (AvgIpc) is 2.62. The van der Waals surface area contributed by atoms with Gasteiger partial charge in [-0.15, -0.1) is 0 Å². The lowest BCUT2D eigenvalue weighted by Gasteiger charge is -2.20. The summed E-state index contributed by atoms with van der Waals surface area (Å²) in [6.07, 6.45) is 6.33. The van der Waals surface area contributed by atoms with Gasteiger partial charge in [0.25, 0.3) is 0 Å². The Kier molecular flexibility index (Phi) is 4.34. The van der Waals surface area contributed by atoms with Crippen LogP contribution in [0.15, 0.2) is 18.7 Å². The number of imidazole rings is 1. The van der Waals surface area contributed by atoms with Crippen LogP contribution in [0.2, 0.25) is 0 Å². The Morgan fingerprint density at radius 3 is 2.75 bits per heavy atom. The molecular formula is C11H20N4O. The number of urea groups is 1. The number of hydrogen-bond acceptors (Lipinski definition) is 2. The highest BCUT2D eigenvalue weighted by atomic mass is 16.2. The summed E-state index contributed by atoms with van der Waals surface area (Å²) in [6, 6.07) is -0.113. The van der Waals surface area contributed by atoms with Crippen LogP contribution in [-0.2, 0) is 6.54 Å². The first kappa shape index (κ1) is 12.5. The van der Waals surface area contributed by atoms with E-state index in [9.17, 15) is 4.79 Å². The van der Waals surface area contributed by atoms with E-state index in [1.54, 1.807) is 12.5 Å². The van der Waals surface area contributed by atoms with Crippen molar-refractivity contribution in [3.8, 4) is 0 Å². The molecule has 5 nitrogen and oxygen atoms in total. The van der Waals surface area contributed by atoms with Crippen LogP contribution in [-0.4, -0.2) is 27.7 Å². The quantitative estimate of drug-likeness (QED) is 0.759. The summed E-state index contributed by atoms with van der Waals surface area (Å²) in [7, 11) is 0. The first-order chi connectivity index (χ1) is 7.47. The van der Waals surface area contributed by atoms with E-state index in [4.69, 9.17) is 0 Å². The van der Waals surface area contributed by atoms with Crippen LogP contribution in [0.25, 0.3) is 0 Å². The minimum absolute atomic E-state index is 0.113. The number of nitrogens with one attached hydrogen (secondary N) is 2. The summed E-state index contributed by atoms with van der Waals surface area (Å²) < 4.78 is 1.99. The number of aromatic nitrogens is 2. The van der Waals surface area contributed by atoms with Crippen molar-refractivity contribution in [3.05, 3.63) is 18.7 Å².